The fraction of sp³-hybridized carbons (Fsp3) is 0.308. The number of amides is 1. The minimum absolute atomic E-state index is 0.0691. The van der Waals surface area contributed by atoms with Crippen molar-refractivity contribution in [1.82, 2.24) is 5.32 Å². The van der Waals surface area contributed by atoms with Gasteiger partial charge in [-0.1, -0.05) is 17.5 Å². The van der Waals surface area contributed by atoms with Gasteiger partial charge in [-0.05, 0) is 19.2 Å². The molecule has 1 aliphatic heterocycles. The molecule has 1 amide bonds. The number of terminal acetylenes is 1. The van der Waals surface area contributed by atoms with E-state index in [-0.39, 0.29) is 11.9 Å². The van der Waals surface area contributed by atoms with Gasteiger partial charge in [0, 0.05) is 18.3 Å². The predicted octanol–water partition coefficient (Wildman–Crippen LogP) is 1.62. The topological polar surface area (TPSA) is 44.4 Å². The van der Waals surface area contributed by atoms with Crippen LogP contribution < -0.4 is 15.5 Å². The number of rotatable bonds is 3. The Morgan fingerprint density at radius 2 is 2.33 bits per heavy atom. The first-order valence-electron chi connectivity index (χ1n) is 5.54. The highest BCUT2D eigenvalue weighted by atomic mass is 35.5. The molecule has 1 unspecified atom stereocenters. The van der Waals surface area contributed by atoms with Crippen LogP contribution in [0.3, 0.4) is 0 Å². The van der Waals surface area contributed by atoms with Crippen molar-refractivity contribution in [1.29, 1.82) is 0 Å². The van der Waals surface area contributed by atoms with Gasteiger partial charge in [0.05, 0.1) is 17.3 Å². The highest BCUT2D eigenvalue weighted by molar-refractivity contribution is 6.33. The monoisotopic (exact) mass is 263 g/mol. The summed E-state index contributed by atoms with van der Waals surface area (Å²) < 4.78 is 0. The molecule has 0 fully saturated rings. The quantitative estimate of drug-likeness (QED) is 0.815. The van der Waals surface area contributed by atoms with Gasteiger partial charge < -0.3 is 15.5 Å². The van der Waals surface area contributed by atoms with E-state index in [1.165, 1.54) is 0 Å². The lowest BCUT2D eigenvalue weighted by molar-refractivity contribution is -0.117. The number of nitrogens with one attached hydrogen (secondary N) is 2. The van der Waals surface area contributed by atoms with Crippen molar-refractivity contribution in [2.24, 2.45) is 0 Å². The summed E-state index contributed by atoms with van der Waals surface area (Å²) in [5, 5.41) is 6.37. The number of hydrogen-bond acceptors (Lipinski definition) is 3. The summed E-state index contributed by atoms with van der Waals surface area (Å²) in [6.07, 6.45) is 5.28. The number of hydrogen-bond donors (Lipinski definition) is 2. The second-order valence-corrected chi connectivity index (χ2v) is 4.57. The van der Waals surface area contributed by atoms with Gasteiger partial charge in [0.1, 0.15) is 6.04 Å². The minimum Gasteiger partial charge on any atom is -0.362 e. The largest absolute Gasteiger partial charge is 0.362 e. The summed E-state index contributed by atoms with van der Waals surface area (Å²) in [6.45, 7) is 0.460. The molecule has 4 nitrogen and oxygen atoms in total. The molecule has 0 bridgehead atoms. The molecule has 2 N–H and O–H groups in total. The zero-order valence-electron chi connectivity index (χ0n) is 10.2. The Morgan fingerprint density at radius 3 is 2.94 bits per heavy atom. The van der Waals surface area contributed by atoms with Crippen LogP contribution >= 0.6 is 11.6 Å². The van der Waals surface area contributed by atoms with E-state index in [2.05, 4.69) is 16.6 Å². The van der Waals surface area contributed by atoms with Crippen molar-refractivity contribution in [2.75, 3.05) is 30.9 Å². The molecule has 0 saturated carbocycles. The van der Waals surface area contributed by atoms with Crippen molar-refractivity contribution < 1.29 is 4.79 Å². The van der Waals surface area contributed by atoms with E-state index in [1.807, 2.05) is 18.0 Å². The number of likely N-dealkylation sites (N-methyl/N-ethyl adjacent to an activating group) is 1. The molecule has 1 aromatic rings. The van der Waals surface area contributed by atoms with Crippen LogP contribution in [0.2, 0.25) is 5.02 Å². The summed E-state index contributed by atoms with van der Waals surface area (Å²) in [5.74, 6) is 2.49. The van der Waals surface area contributed by atoms with Gasteiger partial charge in [-0.3, -0.25) is 4.79 Å². The van der Waals surface area contributed by atoms with Crippen LogP contribution in [-0.2, 0) is 4.79 Å². The van der Waals surface area contributed by atoms with E-state index < -0.39 is 0 Å². The second kappa shape index (κ2) is 4.89. The van der Waals surface area contributed by atoms with Gasteiger partial charge >= 0.3 is 0 Å². The number of carbonyl (C=O) groups excluding carboxylic acids is 1. The summed E-state index contributed by atoms with van der Waals surface area (Å²) >= 11 is 6.23. The lowest BCUT2D eigenvalue weighted by atomic mass is 10.1. The maximum absolute atomic E-state index is 11.7. The molecule has 5 heteroatoms. The number of carbonyl (C=O) groups is 1. The van der Waals surface area contributed by atoms with Gasteiger partial charge in [0.15, 0.2) is 0 Å². The van der Waals surface area contributed by atoms with E-state index in [0.717, 1.165) is 16.9 Å². The Kier molecular flexibility index (Phi) is 3.46. The summed E-state index contributed by atoms with van der Waals surface area (Å²) in [4.78, 5) is 13.6. The third-order valence-electron chi connectivity index (χ3n) is 2.98. The highest BCUT2D eigenvalue weighted by Crippen LogP contribution is 2.38. The van der Waals surface area contributed by atoms with Crippen molar-refractivity contribution in [2.45, 2.75) is 6.04 Å². The zero-order valence-corrected chi connectivity index (χ0v) is 11.0. The van der Waals surface area contributed by atoms with Crippen LogP contribution in [0.1, 0.15) is 11.6 Å². The van der Waals surface area contributed by atoms with Crippen molar-refractivity contribution in [3.05, 3.63) is 22.7 Å². The second-order valence-electron chi connectivity index (χ2n) is 4.16. The average molecular weight is 264 g/mol. The van der Waals surface area contributed by atoms with Crippen molar-refractivity contribution in [3.8, 4) is 12.3 Å². The average Bonchev–Trinajstić information content (AvgIpc) is 2.63. The van der Waals surface area contributed by atoms with Crippen LogP contribution in [0.15, 0.2) is 12.1 Å². The Morgan fingerprint density at radius 1 is 1.61 bits per heavy atom. The molecular weight excluding hydrogens is 250 g/mol. The van der Waals surface area contributed by atoms with E-state index in [1.54, 1.807) is 13.1 Å². The Hall–Kier alpha value is -1.70. The minimum atomic E-state index is -0.343. The van der Waals surface area contributed by atoms with E-state index in [9.17, 15) is 4.79 Å². The Bertz CT molecular complexity index is 536. The first kappa shape index (κ1) is 12.7. The molecule has 0 aromatic heterocycles. The number of anilines is 2. The third-order valence-corrected chi connectivity index (χ3v) is 3.28. The molecule has 1 aromatic carbocycles. The van der Waals surface area contributed by atoms with Crippen molar-refractivity contribution in [3.63, 3.8) is 0 Å². The van der Waals surface area contributed by atoms with Crippen LogP contribution in [0.25, 0.3) is 0 Å². The third kappa shape index (κ3) is 2.03. The molecule has 1 aliphatic rings. The van der Waals surface area contributed by atoms with E-state index in [0.29, 0.717) is 11.6 Å². The molecule has 1 heterocycles. The molecule has 94 valence electrons. The van der Waals surface area contributed by atoms with Gasteiger partial charge in [-0.2, -0.15) is 0 Å². The summed E-state index contributed by atoms with van der Waals surface area (Å²) in [5.41, 5.74) is 2.46. The summed E-state index contributed by atoms with van der Waals surface area (Å²) in [6, 6.07) is 3.31. The van der Waals surface area contributed by atoms with Crippen LogP contribution in [0.5, 0.6) is 0 Å². The van der Waals surface area contributed by atoms with Gasteiger partial charge in [-0.25, -0.2) is 0 Å². The molecule has 0 aliphatic carbocycles. The lowest BCUT2D eigenvalue weighted by Gasteiger charge is -2.19. The van der Waals surface area contributed by atoms with Crippen molar-refractivity contribution >= 4 is 28.9 Å². The molecule has 1 atom stereocenters. The molecule has 0 radical (unpaired) electrons. The maximum Gasteiger partial charge on any atom is 0.246 e. The van der Waals surface area contributed by atoms with E-state index in [4.69, 9.17) is 18.0 Å². The van der Waals surface area contributed by atoms with Crippen LogP contribution in [-0.4, -0.2) is 26.5 Å². The Labute approximate surface area is 111 Å². The maximum atomic E-state index is 11.7. The smallest absolute Gasteiger partial charge is 0.246 e. The molecule has 0 spiro atoms. The number of benzene rings is 1. The van der Waals surface area contributed by atoms with Gasteiger partial charge in [0.25, 0.3) is 0 Å². The van der Waals surface area contributed by atoms with E-state index >= 15 is 0 Å². The number of halogens is 1. The molecule has 0 saturated heterocycles. The summed E-state index contributed by atoms with van der Waals surface area (Å²) in [7, 11) is 3.60. The number of fused-ring (bicyclic) bond motifs is 1. The molecular formula is C13H14ClN3O. The molecule has 2 rings (SSSR count). The standard InChI is InChI=1S/C13H14ClN3O/c1-4-5-17(3)11-7-10-8(6-9(11)14)12(15-2)13(18)16-10/h1,6-7,12,15H,5H2,2-3H3,(H,16,18). The lowest BCUT2D eigenvalue weighted by Crippen LogP contribution is -2.23. The zero-order chi connectivity index (χ0) is 13.3. The highest BCUT2D eigenvalue weighted by Gasteiger charge is 2.30. The predicted molar refractivity (Wildman–Crippen MR) is 74.0 cm³/mol. The molecule has 18 heavy (non-hydrogen) atoms. The van der Waals surface area contributed by atoms with Crippen LogP contribution in [0.4, 0.5) is 11.4 Å². The van der Waals surface area contributed by atoms with Gasteiger partial charge in [-0.15, -0.1) is 6.42 Å². The number of nitrogens with zero attached hydrogens (tertiary/aromatic N) is 1. The fourth-order valence-corrected chi connectivity index (χ4v) is 2.39. The fourth-order valence-electron chi connectivity index (χ4n) is 2.07. The van der Waals surface area contributed by atoms with Gasteiger partial charge in [0.2, 0.25) is 5.91 Å². The van der Waals surface area contributed by atoms with Crippen LogP contribution in [0, 0.1) is 12.3 Å². The SMILES string of the molecule is C#CCN(C)c1cc2c(cc1Cl)C(NC)C(=O)N2. The Balaban J connectivity index is 2.43. The first-order chi connectivity index (χ1) is 8.58. The first-order valence-corrected chi connectivity index (χ1v) is 5.92. The normalized spacial score (nSPS) is 17.0.